The van der Waals surface area contributed by atoms with Crippen LogP contribution in [0.4, 0.5) is 0 Å². The van der Waals surface area contributed by atoms with Gasteiger partial charge in [0, 0.05) is 26.2 Å². The number of piperazine rings is 1. The highest BCUT2D eigenvalue weighted by Gasteiger charge is 2.22. The second-order valence-corrected chi connectivity index (χ2v) is 5.16. The van der Waals surface area contributed by atoms with Gasteiger partial charge in [0.25, 0.3) is 0 Å². The molecule has 1 aromatic rings. The first-order valence-electron chi connectivity index (χ1n) is 6.54. The average Bonchev–Trinajstić information content (AvgIpc) is 2.39. The van der Waals surface area contributed by atoms with Crippen LogP contribution < -0.4 is 4.74 Å². The van der Waals surface area contributed by atoms with E-state index in [2.05, 4.69) is 23.8 Å². The van der Waals surface area contributed by atoms with Gasteiger partial charge >= 0.3 is 0 Å². The van der Waals surface area contributed by atoms with Gasteiger partial charge in [-0.15, -0.1) is 0 Å². The molecule has 4 heteroatoms. The van der Waals surface area contributed by atoms with Crippen LogP contribution in [0.1, 0.15) is 13.3 Å². The summed E-state index contributed by atoms with van der Waals surface area (Å²) in [7, 11) is 2.16. The summed E-state index contributed by atoms with van der Waals surface area (Å²) in [6.07, 6.45) is 1.09. The predicted octanol–water partition coefficient (Wildman–Crippen LogP) is 2.70. The van der Waals surface area contributed by atoms with Crippen molar-refractivity contribution in [2.24, 2.45) is 0 Å². The molecule has 1 aliphatic rings. The lowest BCUT2D eigenvalue weighted by molar-refractivity contribution is -0.00520. The minimum absolute atomic E-state index is 0.124. The summed E-state index contributed by atoms with van der Waals surface area (Å²) >= 11 is 6.14. The number of halogens is 1. The number of nitrogens with zero attached hydrogens (tertiary/aromatic N) is 2. The second-order valence-electron chi connectivity index (χ2n) is 4.75. The zero-order valence-corrected chi connectivity index (χ0v) is 11.9. The number of rotatable bonds is 4. The first-order valence-corrected chi connectivity index (χ1v) is 6.92. The maximum absolute atomic E-state index is 6.14. The maximum Gasteiger partial charge on any atom is 0.152 e. The molecule has 0 N–H and O–H groups in total. The molecule has 1 heterocycles. The molecule has 18 heavy (non-hydrogen) atoms. The van der Waals surface area contributed by atoms with Gasteiger partial charge in [-0.1, -0.05) is 30.7 Å². The number of hydrogen-bond acceptors (Lipinski definition) is 3. The van der Waals surface area contributed by atoms with Crippen LogP contribution in [0, 0.1) is 0 Å². The lowest BCUT2D eigenvalue weighted by Gasteiger charge is -2.37. The summed E-state index contributed by atoms with van der Waals surface area (Å²) in [5.74, 6) is 0.782. The van der Waals surface area contributed by atoms with Crippen molar-refractivity contribution >= 4 is 11.6 Å². The van der Waals surface area contributed by atoms with Crippen molar-refractivity contribution in [2.75, 3.05) is 33.2 Å². The zero-order chi connectivity index (χ0) is 13.0. The standard InChI is InChI=1S/C14H21ClN2O/c1-3-14(17-10-8-16(2)9-11-17)18-13-7-5-4-6-12(13)15/h4-7,14H,3,8-11H2,1-2H3. The van der Waals surface area contributed by atoms with Gasteiger partial charge in [0.2, 0.25) is 0 Å². The predicted molar refractivity (Wildman–Crippen MR) is 75.2 cm³/mol. The Kier molecular flexibility index (Phi) is 4.87. The highest BCUT2D eigenvalue weighted by Crippen LogP contribution is 2.25. The van der Waals surface area contributed by atoms with Crippen molar-refractivity contribution in [3.8, 4) is 5.75 Å². The largest absolute Gasteiger partial charge is 0.474 e. The fraction of sp³-hybridized carbons (Fsp3) is 0.571. The third-order valence-electron chi connectivity index (χ3n) is 3.39. The van der Waals surface area contributed by atoms with Gasteiger partial charge in [-0.3, -0.25) is 4.90 Å². The molecule has 1 unspecified atom stereocenters. The molecule has 100 valence electrons. The first-order chi connectivity index (χ1) is 8.70. The zero-order valence-electron chi connectivity index (χ0n) is 11.1. The Bertz CT molecular complexity index is 378. The van der Waals surface area contributed by atoms with Crippen molar-refractivity contribution in [1.82, 2.24) is 9.80 Å². The van der Waals surface area contributed by atoms with E-state index in [1.54, 1.807) is 0 Å². The second kappa shape index (κ2) is 6.41. The van der Waals surface area contributed by atoms with Crippen molar-refractivity contribution in [3.63, 3.8) is 0 Å². The van der Waals surface area contributed by atoms with E-state index in [0.717, 1.165) is 38.3 Å². The Morgan fingerprint density at radius 3 is 2.50 bits per heavy atom. The van der Waals surface area contributed by atoms with E-state index in [9.17, 15) is 0 Å². The third kappa shape index (κ3) is 3.37. The molecule has 2 rings (SSSR count). The van der Waals surface area contributed by atoms with E-state index in [-0.39, 0.29) is 6.23 Å². The molecule has 0 bridgehead atoms. The molecule has 3 nitrogen and oxygen atoms in total. The monoisotopic (exact) mass is 268 g/mol. The van der Waals surface area contributed by atoms with Crippen LogP contribution in [-0.2, 0) is 0 Å². The van der Waals surface area contributed by atoms with Crippen LogP contribution in [0.3, 0.4) is 0 Å². The van der Waals surface area contributed by atoms with Crippen LogP contribution in [-0.4, -0.2) is 49.3 Å². The van der Waals surface area contributed by atoms with Crippen molar-refractivity contribution in [2.45, 2.75) is 19.6 Å². The van der Waals surface area contributed by atoms with Crippen LogP contribution >= 0.6 is 11.6 Å². The van der Waals surface area contributed by atoms with Gasteiger partial charge in [0.15, 0.2) is 6.23 Å². The molecule has 0 spiro atoms. The fourth-order valence-electron chi connectivity index (χ4n) is 2.21. The third-order valence-corrected chi connectivity index (χ3v) is 3.71. The minimum Gasteiger partial charge on any atom is -0.474 e. The highest BCUT2D eigenvalue weighted by atomic mass is 35.5. The molecule has 1 aliphatic heterocycles. The van der Waals surface area contributed by atoms with Crippen molar-refractivity contribution in [3.05, 3.63) is 29.3 Å². The van der Waals surface area contributed by atoms with Gasteiger partial charge in [-0.2, -0.15) is 0 Å². The fourth-order valence-corrected chi connectivity index (χ4v) is 2.39. The van der Waals surface area contributed by atoms with E-state index >= 15 is 0 Å². The maximum atomic E-state index is 6.14. The highest BCUT2D eigenvalue weighted by molar-refractivity contribution is 6.32. The van der Waals surface area contributed by atoms with Gasteiger partial charge in [-0.25, -0.2) is 0 Å². The van der Waals surface area contributed by atoms with Crippen LogP contribution in [0.5, 0.6) is 5.75 Å². The molecule has 0 aromatic heterocycles. The Labute approximate surface area is 114 Å². The molecule has 0 aliphatic carbocycles. The van der Waals surface area contributed by atoms with Gasteiger partial charge in [-0.05, 0) is 25.6 Å². The Morgan fingerprint density at radius 2 is 1.89 bits per heavy atom. The van der Waals surface area contributed by atoms with E-state index in [1.807, 2.05) is 24.3 Å². The van der Waals surface area contributed by atoms with E-state index < -0.39 is 0 Å². The summed E-state index contributed by atoms with van der Waals surface area (Å²) in [6.45, 7) is 6.46. The summed E-state index contributed by atoms with van der Waals surface area (Å²) in [4.78, 5) is 4.74. The number of hydrogen-bond donors (Lipinski definition) is 0. The van der Waals surface area contributed by atoms with Crippen LogP contribution in [0.15, 0.2) is 24.3 Å². The SMILES string of the molecule is CCC(Oc1ccccc1Cl)N1CCN(C)CC1. The number of likely N-dealkylation sites (N-methyl/N-ethyl adjacent to an activating group) is 1. The van der Waals surface area contributed by atoms with Crippen molar-refractivity contribution in [1.29, 1.82) is 0 Å². The average molecular weight is 269 g/mol. The van der Waals surface area contributed by atoms with Gasteiger partial charge < -0.3 is 9.64 Å². The van der Waals surface area contributed by atoms with E-state index in [4.69, 9.17) is 16.3 Å². The molecular weight excluding hydrogens is 248 g/mol. The van der Waals surface area contributed by atoms with Crippen LogP contribution in [0.25, 0.3) is 0 Å². The molecule has 0 radical (unpaired) electrons. The smallest absolute Gasteiger partial charge is 0.152 e. The van der Waals surface area contributed by atoms with Crippen LogP contribution in [0.2, 0.25) is 5.02 Å². The number of benzene rings is 1. The Hall–Kier alpha value is -0.770. The molecule has 0 amide bonds. The molecule has 1 fully saturated rings. The molecule has 1 atom stereocenters. The Balaban J connectivity index is 1.99. The minimum atomic E-state index is 0.124. The van der Waals surface area contributed by atoms with Gasteiger partial charge in [0.05, 0.1) is 5.02 Å². The lowest BCUT2D eigenvalue weighted by atomic mass is 10.2. The van der Waals surface area contributed by atoms with E-state index in [0.29, 0.717) is 5.02 Å². The normalized spacial score (nSPS) is 19.7. The molecule has 1 aromatic carbocycles. The molecular formula is C14H21ClN2O. The topological polar surface area (TPSA) is 15.7 Å². The Morgan fingerprint density at radius 1 is 1.22 bits per heavy atom. The van der Waals surface area contributed by atoms with Crippen molar-refractivity contribution < 1.29 is 4.74 Å². The summed E-state index contributed by atoms with van der Waals surface area (Å²) in [6, 6.07) is 7.68. The summed E-state index contributed by atoms with van der Waals surface area (Å²) in [5.41, 5.74) is 0. The lowest BCUT2D eigenvalue weighted by Crippen LogP contribution is -2.50. The molecule has 0 saturated carbocycles. The number of ether oxygens (including phenoxy) is 1. The summed E-state index contributed by atoms with van der Waals surface area (Å²) < 4.78 is 6.04. The van der Waals surface area contributed by atoms with E-state index in [1.165, 1.54) is 0 Å². The first kappa shape index (κ1) is 13.7. The summed E-state index contributed by atoms with van der Waals surface area (Å²) in [5, 5.41) is 0.685. The molecule has 1 saturated heterocycles. The van der Waals surface area contributed by atoms with Gasteiger partial charge in [0.1, 0.15) is 5.75 Å². The number of para-hydroxylation sites is 1. The quantitative estimate of drug-likeness (QED) is 0.835.